The predicted octanol–water partition coefficient (Wildman–Crippen LogP) is 3.94. The van der Waals surface area contributed by atoms with Crippen LogP contribution in [0.4, 0.5) is 11.6 Å². The Morgan fingerprint density at radius 2 is 1.74 bits per heavy atom. The lowest BCUT2D eigenvalue weighted by atomic mass is 9.93. The quantitative estimate of drug-likeness (QED) is 0.386. The van der Waals surface area contributed by atoms with Crippen LogP contribution in [0.5, 0.6) is 0 Å². The van der Waals surface area contributed by atoms with Crippen molar-refractivity contribution in [3.8, 4) is 5.95 Å². The Kier molecular flexibility index (Phi) is 6.38. The van der Waals surface area contributed by atoms with E-state index in [0.29, 0.717) is 34.6 Å². The van der Waals surface area contributed by atoms with Crippen molar-refractivity contribution < 1.29 is 0 Å². The first kappa shape index (κ1) is 25.7. The van der Waals surface area contributed by atoms with Crippen LogP contribution in [-0.4, -0.2) is 40.8 Å². The number of fused-ring (bicyclic) bond motifs is 2. The second-order valence-electron chi connectivity index (χ2n) is 11.7. The van der Waals surface area contributed by atoms with E-state index in [1.165, 1.54) is 15.8 Å². The molecule has 0 amide bonds. The number of aromatic nitrogens is 7. The van der Waals surface area contributed by atoms with Crippen molar-refractivity contribution >= 4 is 22.7 Å². The zero-order valence-electron chi connectivity index (χ0n) is 23.0. The molecular formula is C28H35N9O. The average Bonchev–Trinajstić information content (AvgIpc) is 3.13. The van der Waals surface area contributed by atoms with Gasteiger partial charge in [0.15, 0.2) is 5.65 Å². The van der Waals surface area contributed by atoms with E-state index >= 15 is 0 Å². The molecule has 10 nitrogen and oxygen atoms in total. The molecule has 0 fully saturated rings. The first-order chi connectivity index (χ1) is 18.0. The standard InChI is InChI=1S/C28H35N9O/c1-8-13-36-22(38)20-16-30-25(31-19-10-9-18-15-29-12-11-17(18)14-19)32-21(20)37(36)26-34-23(27(2,3)4)33-24(35-26)28(5,6)7/h8-10,14,16,29H,1,11-13,15H2,2-7H3,(H,30,31,32). The number of rotatable bonds is 5. The summed E-state index contributed by atoms with van der Waals surface area (Å²) in [5, 5.41) is 7.09. The molecule has 10 heteroatoms. The van der Waals surface area contributed by atoms with Gasteiger partial charge in [0.1, 0.15) is 17.0 Å². The minimum atomic E-state index is -0.326. The molecule has 0 saturated carbocycles. The average molecular weight is 514 g/mol. The van der Waals surface area contributed by atoms with Crippen molar-refractivity contribution in [3.63, 3.8) is 0 Å². The van der Waals surface area contributed by atoms with Gasteiger partial charge in [0.2, 0.25) is 5.95 Å². The van der Waals surface area contributed by atoms with Crippen molar-refractivity contribution in [2.24, 2.45) is 0 Å². The Hall–Kier alpha value is -3.92. The summed E-state index contributed by atoms with van der Waals surface area (Å²) in [6.45, 7) is 18.3. The van der Waals surface area contributed by atoms with Crippen molar-refractivity contribution in [1.29, 1.82) is 0 Å². The molecule has 0 aliphatic carbocycles. The van der Waals surface area contributed by atoms with Gasteiger partial charge in [-0.2, -0.15) is 19.6 Å². The maximum Gasteiger partial charge on any atom is 0.278 e. The predicted molar refractivity (Wildman–Crippen MR) is 149 cm³/mol. The van der Waals surface area contributed by atoms with Gasteiger partial charge in [-0.3, -0.25) is 4.79 Å². The second kappa shape index (κ2) is 9.43. The lowest BCUT2D eigenvalue weighted by Gasteiger charge is -2.23. The normalized spacial score (nSPS) is 13.9. The molecule has 0 bridgehead atoms. The van der Waals surface area contributed by atoms with Gasteiger partial charge in [-0.15, -0.1) is 6.58 Å². The van der Waals surface area contributed by atoms with Gasteiger partial charge in [-0.05, 0) is 36.2 Å². The number of hydrogen-bond donors (Lipinski definition) is 2. The molecule has 5 rings (SSSR count). The fourth-order valence-corrected chi connectivity index (χ4v) is 4.39. The highest BCUT2D eigenvalue weighted by Gasteiger charge is 2.27. The maximum atomic E-state index is 13.4. The first-order valence-electron chi connectivity index (χ1n) is 12.9. The van der Waals surface area contributed by atoms with Crippen LogP contribution in [0.1, 0.15) is 64.3 Å². The third-order valence-corrected chi connectivity index (χ3v) is 6.48. The monoisotopic (exact) mass is 513 g/mol. The smallest absolute Gasteiger partial charge is 0.278 e. The third kappa shape index (κ3) is 4.83. The van der Waals surface area contributed by atoms with E-state index in [9.17, 15) is 4.79 Å². The molecule has 3 aromatic heterocycles. The van der Waals surface area contributed by atoms with Crippen LogP contribution < -0.4 is 16.2 Å². The molecule has 1 aliphatic rings. The molecule has 1 aliphatic heterocycles. The van der Waals surface area contributed by atoms with E-state index in [2.05, 4.69) is 75.9 Å². The van der Waals surface area contributed by atoms with Crippen LogP contribution in [0.3, 0.4) is 0 Å². The van der Waals surface area contributed by atoms with Gasteiger partial charge in [0, 0.05) is 29.3 Å². The molecule has 0 radical (unpaired) electrons. The number of allylic oxidation sites excluding steroid dienone is 1. The lowest BCUT2D eigenvalue weighted by molar-refractivity contribution is 0.482. The van der Waals surface area contributed by atoms with Crippen LogP contribution in [0.15, 0.2) is 41.8 Å². The number of nitrogens with zero attached hydrogens (tertiary/aromatic N) is 7. The first-order valence-corrected chi connectivity index (χ1v) is 12.9. The van der Waals surface area contributed by atoms with E-state index in [-0.39, 0.29) is 22.9 Å². The van der Waals surface area contributed by atoms with Gasteiger partial charge in [-0.1, -0.05) is 53.7 Å². The Labute approximate surface area is 222 Å². The van der Waals surface area contributed by atoms with E-state index in [1.54, 1.807) is 17.0 Å². The summed E-state index contributed by atoms with van der Waals surface area (Å²) >= 11 is 0. The molecule has 198 valence electrons. The van der Waals surface area contributed by atoms with Crippen molar-refractivity contribution in [2.45, 2.75) is 71.9 Å². The third-order valence-electron chi connectivity index (χ3n) is 6.48. The highest BCUT2D eigenvalue weighted by atomic mass is 16.1. The Morgan fingerprint density at radius 1 is 1.03 bits per heavy atom. The van der Waals surface area contributed by atoms with Crippen molar-refractivity contribution in [1.82, 2.24) is 39.6 Å². The summed E-state index contributed by atoms with van der Waals surface area (Å²) in [4.78, 5) is 37.1. The molecule has 0 spiro atoms. The maximum absolute atomic E-state index is 13.4. The van der Waals surface area contributed by atoms with Crippen LogP contribution in [-0.2, 0) is 30.3 Å². The van der Waals surface area contributed by atoms with Crippen LogP contribution in [0.2, 0.25) is 0 Å². The molecule has 2 N–H and O–H groups in total. The number of hydrogen-bond acceptors (Lipinski definition) is 8. The topological polar surface area (TPSA) is 115 Å². The van der Waals surface area contributed by atoms with E-state index in [4.69, 9.17) is 19.9 Å². The van der Waals surface area contributed by atoms with Gasteiger partial charge in [0.25, 0.3) is 11.5 Å². The zero-order valence-corrected chi connectivity index (χ0v) is 23.0. The molecule has 0 unspecified atom stereocenters. The van der Waals surface area contributed by atoms with Crippen molar-refractivity contribution in [2.75, 3.05) is 11.9 Å². The summed E-state index contributed by atoms with van der Waals surface area (Å²) in [6.07, 6.45) is 4.20. The Bertz CT molecular complexity index is 1550. The summed E-state index contributed by atoms with van der Waals surface area (Å²) in [7, 11) is 0. The highest BCUT2D eigenvalue weighted by molar-refractivity contribution is 5.76. The number of benzene rings is 1. The second-order valence-corrected chi connectivity index (χ2v) is 11.7. The largest absolute Gasteiger partial charge is 0.324 e. The van der Waals surface area contributed by atoms with Crippen LogP contribution in [0.25, 0.3) is 17.0 Å². The minimum Gasteiger partial charge on any atom is -0.324 e. The molecule has 4 aromatic rings. The van der Waals surface area contributed by atoms with Crippen LogP contribution >= 0.6 is 0 Å². The molecule has 38 heavy (non-hydrogen) atoms. The molecule has 1 aromatic carbocycles. The van der Waals surface area contributed by atoms with Gasteiger partial charge in [-0.25, -0.2) is 14.6 Å². The summed E-state index contributed by atoms with van der Waals surface area (Å²) in [6, 6.07) is 6.27. The molecule has 0 atom stereocenters. The van der Waals surface area contributed by atoms with E-state index in [0.717, 1.165) is 25.2 Å². The SMILES string of the molecule is C=CCn1c(=O)c2cnc(Nc3ccc4c(c3)CCNC4)nc2n1-c1nc(C(C)(C)C)nc(C(C)(C)C)n1. The van der Waals surface area contributed by atoms with Gasteiger partial charge < -0.3 is 10.6 Å². The highest BCUT2D eigenvalue weighted by Crippen LogP contribution is 2.26. The Morgan fingerprint density at radius 3 is 2.39 bits per heavy atom. The summed E-state index contributed by atoms with van der Waals surface area (Å²) < 4.78 is 3.20. The van der Waals surface area contributed by atoms with Gasteiger partial charge in [0.05, 0.1) is 6.54 Å². The molecule has 0 saturated heterocycles. The van der Waals surface area contributed by atoms with E-state index < -0.39 is 0 Å². The van der Waals surface area contributed by atoms with Crippen LogP contribution in [0, 0.1) is 0 Å². The summed E-state index contributed by atoms with van der Waals surface area (Å²) in [5.74, 6) is 2.01. The molecule has 4 heterocycles. The molecular weight excluding hydrogens is 478 g/mol. The summed E-state index contributed by atoms with van der Waals surface area (Å²) in [5.41, 5.74) is 3.04. The fraction of sp³-hybridized carbons (Fsp3) is 0.429. The Balaban J connectivity index is 1.68. The van der Waals surface area contributed by atoms with Crippen molar-refractivity contribution in [3.05, 3.63) is 70.2 Å². The minimum absolute atomic E-state index is 0.234. The number of nitrogens with one attached hydrogen (secondary N) is 2. The van der Waals surface area contributed by atoms with Gasteiger partial charge >= 0.3 is 0 Å². The van der Waals surface area contributed by atoms with E-state index in [1.807, 2.05) is 6.07 Å². The lowest BCUT2D eigenvalue weighted by Crippen LogP contribution is -2.28. The fourth-order valence-electron chi connectivity index (χ4n) is 4.39. The number of anilines is 2. The zero-order chi connectivity index (χ0) is 27.2.